The van der Waals surface area contributed by atoms with Gasteiger partial charge >= 0.3 is 0 Å². The third kappa shape index (κ3) is 4.02. The van der Waals surface area contributed by atoms with Gasteiger partial charge in [0.25, 0.3) is 10.9 Å². The number of morpholine rings is 1. The number of hydrogen-bond acceptors (Lipinski definition) is 8. The molecule has 2 fully saturated rings. The molecule has 0 radical (unpaired) electrons. The van der Waals surface area contributed by atoms with E-state index in [1.807, 2.05) is 23.1 Å². The predicted molar refractivity (Wildman–Crippen MR) is 110 cm³/mol. The summed E-state index contributed by atoms with van der Waals surface area (Å²) in [6.07, 6.45) is 2.73. The molecular weight excluding hydrogens is 358 g/mol. The minimum atomic E-state index is -0.381. The summed E-state index contributed by atoms with van der Waals surface area (Å²) in [5, 5.41) is 3.21. The lowest BCUT2D eigenvalue weighted by Crippen LogP contribution is -2.52. The van der Waals surface area contributed by atoms with Crippen LogP contribution in [0.2, 0.25) is 0 Å². The van der Waals surface area contributed by atoms with Gasteiger partial charge in [-0.05, 0) is 25.1 Å². The average Bonchev–Trinajstić information content (AvgIpc) is 2.77. The zero-order chi connectivity index (χ0) is 19.3. The van der Waals surface area contributed by atoms with Gasteiger partial charge in [-0.15, -0.1) is 0 Å². The van der Waals surface area contributed by atoms with Crippen molar-refractivity contribution in [2.24, 2.45) is 0 Å². The molecule has 2 aliphatic rings. The topological polar surface area (TPSA) is 78.0 Å². The number of ether oxygens (including phenoxy) is 1. The highest BCUT2D eigenvalue weighted by atomic mass is 16.5. The zero-order valence-electron chi connectivity index (χ0n) is 16.1. The lowest BCUT2D eigenvalue weighted by atomic mass is 10.1. The van der Waals surface area contributed by atoms with Gasteiger partial charge in [0, 0.05) is 52.0 Å². The highest BCUT2D eigenvalue weighted by Crippen LogP contribution is 2.23. The minimum absolute atomic E-state index is 0.359. The van der Waals surface area contributed by atoms with E-state index in [1.54, 1.807) is 6.20 Å². The molecule has 4 rings (SSSR count). The molecule has 8 heteroatoms. The highest BCUT2D eigenvalue weighted by Gasteiger charge is 2.28. The Morgan fingerprint density at radius 2 is 1.71 bits per heavy atom. The number of aromatic nitrogens is 1. The summed E-state index contributed by atoms with van der Waals surface area (Å²) in [4.78, 5) is 35.2. The minimum Gasteiger partial charge on any atom is -0.380 e. The number of piperazine rings is 1. The quantitative estimate of drug-likeness (QED) is 0.533. The van der Waals surface area contributed by atoms with Crippen molar-refractivity contribution in [3.8, 4) is 0 Å². The molecule has 1 aromatic heterocycles. The van der Waals surface area contributed by atoms with Gasteiger partial charge in [-0.3, -0.25) is 14.5 Å². The van der Waals surface area contributed by atoms with Gasteiger partial charge in [0.15, 0.2) is 0 Å². The summed E-state index contributed by atoms with van der Waals surface area (Å²) in [6.45, 7) is 8.18. The SMILES string of the molecule is O=c1c(NCCCN2CCOCC2)c(N2CCN(c3ccccn3)CC2)c1=O. The van der Waals surface area contributed by atoms with Gasteiger partial charge < -0.3 is 19.9 Å². The molecule has 0 unspecified atom stereocenters. The fraction of sp³-hybridized carbons (Fsp3) is 0.550. The molecule has 8 nitrogen and oxygen atoms in total. The molecule has 0 atom stereocenters. The Morgan fingerprint density at radius 1 is 0.964 bits per heavy atom. The van der Waals surface area contributed by atoms with Crippen LogP contribution in [-0.4, -0.2) is 75.5 Å². The summed E-state index contributed by atoms with van der Waals surface area (Å²) < 4.78 is 5.35. The fourth-order valence-corrected chi connectivity index (χ4v) is 3.89. The van der Waals surface area contributed by atoms with E-state index in [9.17, 15) is 9.59 Å². The van der Waals surface area contributed by atoms with Gasteiger partial charge in [0.2, 0.25) is 0 Å². The summed E-state index contributed by atoms with van der Waals surface area (Å²) in [7, 11) is 0. The third-order valence-electron chi connectivity index (χ3n) is 5.51. The van der Waals surface area contributed by atoms with Gasteiger partial charge in [-0.1, -0.05) is 6.07 Å². The zero-order valence-corrected chi connectivity index (χ0v) is 16.1. The first-order valence-electron chi connectivity index (χ1n) is 10.0. The second kappa shape index (κ2) is 8.70. The van der Waals surface area contributed by atoms with Crippen LogP contribution < -0.4 is 26.0 Å². The standard InChI is InChI=1S/C20H27N5O3/c26-19-17(22-6-3-7-23-12-14-28-15-13-23)18(20(19)27)25-10-8-24(9-11-25)16-4-1-2-5-21-16/h1-2,4-5,22H,3,6-15H2. The Balaban J connectivity index is 1.29. The van der Waals surface area contributed by atoms with Crippen molar-refractivity contribution in [2.45, 2.75) is 6.42 Å². The van der Waals surface area contributed by atoms with Crippen LogP contribution in [0.4, 0.5) is 17.2 Å². The van der Waals surface area contributed by atoms with Crippen molar-refractivity contribution < 1.29 is 4.74 Å². The van der Waals surface area contributed by atoms with Gasteiger partial charge in [-0.25, -0.2) is 4.98 Å². The lowest BCUT2D eigenvalue weighted by Gasteiger charge is -2.37. The average molecular weight is 385 g/mol. The van der Waals surface area contributed by atoms with E-state index in [0.717, 1.165) is 58.2 Å². The fourth-order valence-electron chi connectivity index (χ4n) is 3.89. The largest absolute Gasteiger partial charge is 0.380 e. The number of anilines is 3. The van der Waals surface area contributed by atoms with E-state index >= 15 is 0 Å². The predicted octanol–water partition coefficient (Wildman–Crippen LogP) is 0.138. The molecule has 2 aliphatic heterocycles. The molecule has 1 aromatic carbocycles. The molecule has 0 saturated carbocycles. The monoisotopic (exact) mass is 385 g/mol. The van der Waals surface area contributed by atoms with Crippen LogP contribution in [-0.2, 0) is 4.74 Å². The molecule has 3 heterocycles. The van der Waals surface area contributed by atoms with Crippen LogP contribution in [0, 0.1) is 0 Å². The van der Waals surface area contributed by atoms with E-state index in [4.69, 9.17) is 4.74 Å². The number of hydrogen-bond donors (Lipinski definition) is 1. The molecule has 0 aliphatic carbocycles. The molecular formula is C20H27N5O3. The van der Waals surface area contributed by atoms with Crippen LogP contribution in [0.15, 0.2) is 34.0 Å². The first kappa shape index (κ1) is 18.9. The number of nitrogens with zero attached hydrogens (tertiary/aromatic N) is 4. The molecule has 2 aromatic rings. The van der Waals surface area contributed by atoms with Crippen LogP contribution in [0.3, 0.4) is 0 Å². The molecule has 0 spiro atoms. The lowest BCUT2D eigenvalue weighted by molar-refractivity contribution is 0.0378. The van der Waals surface area contributed by atoms with E-state index in [1.165, 1.54) is 0 Å². The van der Waals surface area contributed by atoms with Gasteiger partial charge in [0.05, 0.1) is 13.2 Å². The smallest absolute Gasteiger partial charge is 0.253 e. The highest BCUT2D eigenvalue weighted by molar-refractivity contribution is 5.75. The normalized spacial score (nSPS) is 18.6. The first-order valence-corrected chi connectivity index (χ1v) is 10.0. The Labute approximate surface area is 164 Å². The molecule has 2 saturated heterocycles. The Hall–Kier alpha value is -2.45. The van der Waals surface area contributed by atoms with Crippen molar-refractivity contribution in [1.29, 1.82) is 0 Å². The summed E-state index contributed by atoms with van der Waals surface area (Å²) in [5.41, 5.74) is 0.325. The van der Waals surface area contributed by atoms with Crippen molar-refractivity contribution >= 4 is 17.2 Å². The molecule has 0 amide bonds. The van der Waals surface area contributed by atoms with Gasteiger partial charge in [-0.2, -0.15) is 0 Å². The molecule has 1 N–H and O–H groups in total. The van der Waals surface area contributed by atoms with Crippen LogP contribution in [0.25, 0.3) is 0 Å². The second-order valence-electron chi connectivity index (χ2n) is 7.28. The maximum atomic E-state index is 12.2. The van der Waals surface area contributed by atoms with E-state index in [-0.39, 0.29) is 10.9 Å². The van der Waals surface area contributed by atoms with E-state index in [2.05, 4.69) is 20.1 Å². The number of nitrogens with one attached hydrogen (secondary N) is 1. The summed E-state index contributed by atoms with van der Waals surface area (Å²) in [5.74, 6) is 0.952. The maximum Gasteiger partial charge on any atom is 0.253 e. The van der Waals surface area contributed by atoms with Crippen LogP contribution >= 0.6 is 0 Å². The maximum absolute atomic E-state index is 12.2. The molecule has 0 bridgehead atoms. The summed E-state index contributed by atoms with van der Waals surface area (Å²) in [6, 6.07) is 5.87. The Kier molecular flexibility index (Phi) is 5.87. The van der Waals surface area contributed by atoms with Crippen LogP contribution in [0.5, 0.6) is 0 Å². The van der Waals surface area contributed by atoms with E-state index < -0.39 is 0 Å². The third-order valence-corrected chi connectivity index (χ3v) is 5.51. The van der Waals surface area contributed by atoms with Crippen molar-refractivity contribution in [3.63, 3.8) is 0 Å². The summed E-state index contributed by atoms with van der Waals surface area (Å²) >= 11 is 0. The second-order valence-corrected chi connectivity index (χ2v) is 7.28. The Bertz CT molecular complexity index is 835. The molecule has 28 heavy (non-hydrogen) atoms. The van der Waals surface area contributed by atoms with Crippen molar-refractivity contribution in [1.82, 2.24) is 9.88 Å². The molecule has 150 valence electrons. The van der Waals surface area contributed by atoms with Crippen molar-refractivity contribution in [3.05, 3.63) is 44.8 Å². The first-order chi connectivity index (χ1) is 13.7. The van der Waals surface area contributed by atoms with Crippen molar-refractivity contribution in [2.75, 3.05) is 80.7 Å². The van der Waals surface area contributed by atoms with Crippen LogP contribution in [0.1, 0.15) is 6.42 Å². The van der Waals surface area contributed by atoms with E-state index in [0.29, 0.717) is 31.0 Å². The Morgan fingerprint density at radius 3 is 2.43 bits per heavy atom. The number of rotatable bonds is 7. The van der Waals surface area contributed by atoms with Gasteiger partial charge in [0.1, 0.15) is 17.2 Å². The number of pyridine rings is 1.